The number of halogens is 1. The molecule has 0 radical (unpaired) electrons. The summed E-state index contributed by atoms with van der Waals surface area (Å²) in [5.74, 6) is -0.134. The Morgan fingerprint density at radius 3 is 2.70 bits per heavy atom. The highest BCUT2D eigenvalue weighted by Crippen LogP contribution is 2.34. The van der Waals surface area contributed by atoms with Crippen LogP contribution >= 0.6 is 12.4 Å². The third-order valence-corrected chi connectivity index (χ3v) is 5.14. The number of carbonyl (C=O) groups is 1. The molecule has 0 bridgehead atoms. The zero-order valence-electron chi connectivity index (χ0n) is 15.0. The van der Waals surface area contributed by atoms with Gasteiger partial charge in [0.1, 0.15) is 11.7 Å². The Kier molecular flexibility index (Phi) is 5.78. The van der Waals surface area contributed by atoms with E-state index in [9.17, 15) is 4.79 Å². The van der Waals surface area contributed by atoms with Crippen molar-refractivity contribution >= 4 is 18.3 Å². The predicted molar refractivity (Wildman–Crippen MR) is 103 cm³/mol. The number of likely N-dealkylation sites (tertiary alicyclic amines) is 1. The molecule has 1 amide bonds. The molecule has 2 fully saturated rings. The van der Waals surface area contributed by atoms with Gasteiger partial charge in [-0.2, -0.15) is 5.26 Å². The first-order valence-electron chi connectivity index (χ1n) is 9.12. The normalized spacial score (nSPS) is 20.0. The minimum atomic E-state index is -0.620. The highest BCUT2D eigenvalue weighted by Gasteiger charge is 2.31. The number of nitriles is 1. The van der Waals surface area contributed by atoms with Crippen LogP contribution in [0.2, 0.25) is 0 Å². The van der Waals surface area contributed by atoms with Gasteiger partial charge in [0.05, 0.1) is 24.3 Å². The van der Waals surface area contributed by atoms with E-state index >= 15 is 0 Å². The van der Waals surface area contributed by atoms with Crippen LogP contribution in [0, 0.1) is 11.3 Å². The standard InChI is InChI=1S/C19H22N6O.ClH/c20-11-16-2-1-9-24(16)19(26)17(21)10-13-3-5-14(6-4-13)18-12-25(23-22-18)15-7-8-15;/h3-6,12,15-17H,1-2,7-10,21H2;1H/t16-,17-;/m0./s1. The van der Waals surface area contributed by atoms with Crippen LogP contribution in [0.15, 0.2) is 30.5 Å². The topological polar surface area (TPSA) is 101 Å². The number of nitrogens with two attached hydrogens (primary N) is 1. The maximum absolute atomic E-state index is 12.5. The summed E-state index contributed by atoms with van der Waals surface area (Å²) in [6, 6.07) is 9.68. The van der Waals surface area contributed by atoms with Crippen LogP contribution in [0.5, 0.6) is 0 Å². The highest BCUT2D eigenvalue weighted by molar-refractivity contribution is 5.85. The van der Waals surface area contributed by atoms with Crippen molar-refractivity contribution in [3.05, 3.63) is 36.0 Å². The zero-order valence-corrected chi connectivity index (χ0v) is 15.8. The van der Waals surface area contributed by atoms with Crippen LogP contribution in [0.25, 0.3) is 11.3 Å². The fourth-order valence-corrected chi connectivity index (χ4v) is 3.46. The second-order valence-electron chi connectivity index (χ2n) is 7.14. The van der Waals surface area contributed by atoms with E-state index in [0.717, 1.165) is 29.7 Å². The second-order valence-corrected chi connectivity index (χ2v) is 7.14. The van der Waals surface area contributed by atoms with Crippen molar-refractivity contribution < 1.29 is 4.79 Å². The van der Waals surface area contributed by atoms with Gasteiger partial charge in [0, 0.05) is 12.1 Å². The monoisotopic (exact) mass is 386 g/mol. The van der Waals surface area contributed by atoms with Gasteiger partial charge in [-0.25, -0.2) is 4.68 Å². The van der Waals surface area contributed by atoms with Crippen LogP contribution in [-0.2, 0) is 11.2 Å². The first-order valence-corrected chi connectivity index (χ1v) is 9.12. The second kappa shape index (κ2) is 8.07. The Morgan fingerprint density at radius 2 is 2.04 bits per heavy atom. The Balaban J connectivity index is 0.00000210. The quantitative estimate of drug-likeness (QED) is 0.847. The molecule has 7 nitrogen and oxygen atoms in total. The van der Waals surface area contributed by atoms with Crippen molar-refractivity contribution in [2.24, 2.45) is 5.73 Å². The van der Waals surface area contributed by atoms with Crippen molar-refractivity contribution in [2.75, 3.05) is 6.54 Å². The molecule has 2 aromatic rings. The number of carbonyl (C=O) groups excluding carboxylic acids is 1. The van der Waals surface area contributed by atoms with Gasteiger partial charge in [-0.05, 0) is 37.7 Å². The molecule has 2 N–H and O–H groups in total. The van der Waals surface area contributed by atoms with Gasteiger partial charge in [-0.3, -0.25) is 4.79 Å². The fourth-order valence-electron chi connectivity index (χ4n) is 3.46. The van der Waals surface area contributed by atoms with Crippen molar-refractivity contribution in [1.29, 1.82) is 5.26 Å². The summed E-state index contributed by atoms with van der Waals surface area (Å²) in [4.78, 5) is 14.1. The van der Waals surface area contributed by atoms with E-state index in [0.29, 0.717) is 19.0 Å². The Bertz CT molecular complexity index is 839. The Morgan fingerprint density at radius 1 is 1.30 bits per heavy atom. The molecule has 0 unspecified atom stereocenters. The number of amides is 1. The lowest BCUT2D eigenvalue weighted by Gasteiger charge is -2.23. The minimum absolute atomic E-state index is 0. The van der Waals surface area contributed by atoms with Gasteiger partial charge < -0.3 is 10.6 Å². The molecule has 0 spiro atoms. The SMILES string of the molecule is Cl.N#C[C@@H]1CCCN1C(=O)[C@@H](N)Cc1ccc(-c2cn(C3CC3)nn2)cc1. The number of nitrogens with zero attached hydrogens (tertiary/aromatic N) is 5. The lowest BCUT2D eigenvalue weighted by molar-refractivity contribution is -0.132. The average molecular weight is 387 g/mol. The third kappa shape index (κ3) is 4.12. The van der Waals surface area contributed by atoms with Crippen LogP contribution in [0.1, 0.15) is 37.3 Å². The maximum atomic E-state index is 12.5. The molecule has 1 aliphatic carbocycles. The van der Waals surface area contributed by atoms with E-state index in [1.54, 1.807) is 4.90 Å². The smallest absolute Gasteiger partial charge is 0.240 e. The Hall–Kier alpha value is -2.43. The summed E-state index contributed by atoms with van der Waals surface area (Å²) in [6.07, 6.45) is 6.41. The van der Waals surface area contributed by atoms with Gasteiger partial charge in [0.25, 0.3) is 0 Å². The maximum Gasteiger partial charge on any atom is 0.240 e. The lowest BCUT2D eigenvalue weighted by Crippen LogP contribution is -2.46. The largest absolute Gasteiger partial charge is 0.325 e. The Labute approximate surface area is 164 Å². The molecule has 1 saturated carbocycles. The fraction of sp³-hybridized carbons (Fsp3) is 0.474. The minimum Gasteiger partial charge on any atom is -0.325 e. The molecule has 1 aromatic heterocycles. The number of hydrogen-bond donors (Lipinski definition) is 1. The highest BCUT2D eigenvalue weighted by atomic mass is 35.5. The number of rotatable bonds is 5. The van der Waals surface area contributed by atoms with E-state index in [1.807, 2.05) is 35.1 Å². The van der Waals surface area contributed by atoms with E-state index in [-0.39, 0.29) is 24.4 Å². The molecule has 2 heterocycles. The molecule has 27 heavy (non-hydrogen) atoms. The van der Waals surface area contributed by atoms with Gasteiger partial charge in [-0.15, -0.1) is 17.5 Å². The van der Waals surface area contributed by atoms with E-state index in [4.69, 9.17) is 11.0 Å². The lowest BCUT2D eigenvalue weighted by atomic mass is 10.0. The summed E-state index contributed by atoms with van der Waals surface area (Å²) in [7, 11) is 0. The zero-order chi connectivity index (χ0) is 18.1. The first-order chi connectivity index (χ1) is 12.7. The van der Waals surface area contributed by atoms with Crippen LogP contribution in [-0.4, -0.2) is 44.4 Å². The summed E-state index contributed by atoms with van der Waals surface area (Å²) in [6.45, 7) is 0.625. The molecular formula is C19H23ClN6O. The summed E-state index contributed by atoms with van der Waals surface area (Å²) in [5, 5.41) is 17.5. The predicted octanol–water partition coefficient (Wildman–Crippen LogP) is 2.09. The molecular weight excluding hydrogens is 364 g/mol. The molecule has 2 atom stereocenters. The molecule has 1 aliphatic heterocycles. The number of hydrogen-bond acceptors (Lipinski definition) is 5. The van der Waals surface area contributed by atoms with Crippen LogP contribution < -0.4 is 5.73 Å². The summed E-state index contributed by atoms with van der Waals surface area (Å²) in [5.41, 5.74) is 8.97. The van der Waals surface area contributed by atoms with Crippen molar-refractivity contribution in [3.63, 3.8) is 0 Å². The third-order valence-electron chi connectivity index (χ3n) is 5.14. The van der Waals surface area contributed by atoms with Gasteiger partial charge in [0.2, 0.25) is 5.91 Å². The first kappa shape index (κ1) is 19.3. The van der Waals surface area contributed by atoms with Gasteiger partial charge in [0.15, 0.2) is 0 Å². The van der Waals surface area contributed by atoms with Gasteiger partial charge in [-0.1, -0.05) is 29.5 Å². The van der Waals surface area contributed by atoms with E-state index in [2.05, 4.69) is 16.4 Å². The molecule has 1 saturated heterocycles. The molecule has 8 heteroatoms. The molecule has 4 rings (SSSR count). The molecule has 2 aliphatic rings. The average Bonchev–Trinajstić information content (AvgIpc) is 3.21. The van der Waals surface area contributed by atoms with E-state index in [1.165, 1.54) is 12.8 Å². The van der Waals surface area contributed by atoms with Crippen LogP contribution in [0.4, 0.5) is 0 Å². The van der Waals surface area contributed by atoms with Gasteiger partial charge >= 0.3 is 0 Å². The van der Waals surface area contributed by atoms with Crippen molar-refractivity contribution in [1.82, 2.24) is 19.9 Å². The van der Waals surface area contributed by atoms with Crippen molar-refractivity contribution in [2.45, 2.75) is 50.2 Å². The van der Waals surface area contributed by atoms with Crippen molar-refractivity contribution in [3.8, 4) is 17.3 Å². The molecule has 142 valence electrons. The molecule has 1 aromatic carbocycles. The van der Waals surface area contributed by atoms with Crippen LogP contribution in [0.3, 0.4) is 0 Å². The number of benzene rings is 1. The number of aromatic nitrogens is 3. The summed E-state index contributed by atoms with van der Waals surface area (Å²) < 4.78 is 1.93. The van der Waals surface area contributed by atoms with E-state index < -0.39 is 6.04 Å². The summed E-state index contributed by atoms with van der Waals surface area (Å²) >= 11 is 0.